The van der Waals surface area contributed by atoms with Crippen LogP contribution in [-0.2, 0) is 0 Å². The lowest BCUT2D eigenvalue weighted by Gasteiger charge is -2.46. The van der Waals surface area contributed by atoms with E-state index in [1.807, 2.05) is 0 Å². The number of hydrogen-bond donors (Lipinski definition) is 1. The molecule has 0 aromatic carbocycles. The molecule has 2 heterocycles. The van der Waals surface area contributed by atoms with E-state index >= 15 is 0 Å². The van der Waals surface area contributed by atoms with E-state index in [-0.39, 0.29) is 0 Å². The summed E-state index contributed by atoms with van der Waals surface area (Å²) in [6, 6.07) is 2.33. The van der Waals surface area contributed by atoms with Crippen LogP contribution in [0.25, 0.3) is 0 Å². The maximum absolute atomic E-state index is 3.62. The van der Waals surface area contributed by atoms with Gasteiger partial charge in [0.25, 0.3) is 0 Å². The molecule has 0 aliphatic carbocycles. The van der Waals surface area contributed by atoms with Gasteiger partial charge >= 0.3 is 0 Å². The van der Waals surface area contributed by atoms with Crippen molar-refractivity contribution < 1.29 is 0 Å². The van der Waals surface area contributed by atoms with E-state index < -0.39 is 0 Å². The Bertz CT molecular complexity index is 244. The molecule has 0 bridgehead atoms. The number of nitrogens with zero attached hydrogens (tertiary/aromatic N) is 2. The maximum Gasteiger partial charge on any atom is 0.0226 e. The van der Waals surface area contributed by atoms with Gasteiger partial charge in [-0.25, -0.2) is 0 Å². The average molecular weight is 253 g/mol. The smallest absolute Gasteiger partial charge is 0.0226 e. The molecule has 2 aliphatic heterocycles. The highest BCUT2D eigenvalue weighted by Gasteiger charge is 2.32. The number of rotatable bonds is 4. The lowest BCUT2D eigenvalue weighted by Crippen LogP contribution is -2.55. The predicted octanol–water partition coefficient (Wildman–Crippen LogP) is 1.93. The van der Waals surface area contributed by atoms with Crippen LogP contribution in [0.2, 0.25) is 0 Å². The molecule has 0 amide bonds. The van der Waals surface area contributed by atoms with Crippen molar-refractivity contribution >= 4 is 0 Å². The van der Waals surface area contributed by atoms with Gasteiger partial charge in [0, 0.05) is 31.2 Å². The Kier molecular flexibility index (Phi) is 5.46. The first-order valence-electron chi connectivity index (χ1n) is 7.96. The van der Waals surface area contributed by atoms with Crippen LogP contribution in [0.5, 0.6) is 0 Å². The van der Waals surface area contributed by atoms with Crippen molar-refractivity contribution in [3.05, 3.63) is 0 Å². The third-order valence-corrected chi connectivity index (χ3v) is 4.82. The molecule has 2 fully saturated rings. The fourth-order valence-corrected chi connectivity index (χ4v) is 3.80. The van der Waals surface area contributed by atoms with Gasteiger partial charge in [-0.2, -0.15) is 0 Å². The summed E-state index contributed by atoms with van der Waals surface area (Å²) in [7, 11) is 0. The second-order valence-corrected chi connectivity index (χ2v) is 6.06. The molecule has 3 atom stereocenters. The van der Waals surface area contributed by atoms with Crippen molar-refractivity contribution in [2.24, 2.45) is 0 Å². The van der Waals surface area contributed by atoms with Crippen LogP contribution >= 0.6 is 0 Å². The standard InChI is InChI=1S/C15H31N3/c1-4-16-14-8-10-18(13(3)11-14)15-7-6-9-17(5-2)12-15/h13-16H,4-12H2,1-3H3. The summed E-state index contributed by atoms with van der Waals surface area (Å²) in [6.45, 7) is 13.2. The average Bonchev–Trinajstić information content (AvgIpc) is 2.39. The zero-order valence-corrected chi connectivity index (χ0v) is 12.5. The largest absolute Gasteiger partial charge is 0.314 e. The molecule has 0 aromatic rings. The number of hydrogen-bond acceptors (Lipinski definition) is 3. The second-order valence-electron chi connectivity index (χ2n) is 6.06. The summed E-state index contributed by atoms with van der Waals surface area (Å²) in [5, 5.41) is 3.62. The Morgan fingerprint density at radius 1 is 1.17 bits per heavy atom. The van der Waals surface area contributed by atoms with Crippen LogP contribution in [0.1, 0.15) is 46.5 Å². The molecular weight excluding hydrogens is 222 g/mol. The molecule has 18 heavy (non-hydrogen) atoms. The van der Waals surface area contributed by atoms with Crippen LogP contribution in [0, 0.1) is 0 Å². The minimum Gasteiger partial charge on any atom is -0.314 e. The van der Waals surface area contributed by atoms with E-state index in [1.54, 1.807) is 0 Å². The van der Waals surface area contributed by atoms with Crippen LogP contribution < -0.4 is 5.32 Å². The van der Waals surface area contributed by atoms with Crippen LogP contribution in [0.4, 0.5) is 0 Å². The topological polar surface area (TPSA) is 18.5 Å². The van der Waals surface area contributed by atoms with Crippen LogP contribution in [-0.4, -0.2) is 60.6 Å². The molecule has 0 radical (unpaired) electrons. The fraction of sp³-hybridized carbons (Fsp3) is 1.00. The van der Waals surface area contributed by atoms with Gasteiger partial charge in [-0.1, -0.05) is 13.8 Å². The summed E-state index contributed by atoms with van der Waals surface area (Å²) in [6.07, 6.45) is 5.46. The van der Waals surface area contributed by atoms with Gasteiger partial charge in [-0.15, -0.1) is 0 Å². The molecule has 0 aromatic heterocycles. The maximum atomic E-state index is 3.62. The molecule has 2 aliphatic rings. The first kappa shape index (κ1) is 14.3. The van der Waals surface area contributed by atoms with Gasteiger partial charge in [0.15, 0.2) is 0 Å². The Morgan fingerprint density at radius 3 is 2.67 bits per heavy atom. The molecule has 0 spiro atoms. The Morgan fingerprint density at radius 2 is 2.00 bits per heavy atom. The fourth-order valence-electron chi connectivity index (χ4n) is 3.80. The van der Waals surface area contributed by atoms with E-state index in [0.29, 0.717) is 0 Å². The highest BCUT2D eigenvalue weighted by atomic mass is 15.3. The van der Waals surface area contributed by atoms with Crippen molar-refractivity contribution in [2.75, 3.05) is 32.7 Å². The molecular formula is C15H31N3. The zero-order chi connectivity index (χ0) is 13.0. The SMILES string of the molecule is CCNC1CCN(C2CCCN(CC)C2)C(C)C1. The number of likely N-dealkylation sites (tertiary alicyclic amines) is 2. The van der Waals surface area contributed by atoms with E-state index in [1.165, 1.54) is 51.9 Å². The molecule has 3 unspecified atom stereocenters. The molecule has 2 saturated heterocycles. The lowest BCUT2D eigenvalue weighted by molar-refractivity contribution is 0.0418. The summed E-state index contributed by atoms with van der Waals surface area (Å²) in [5.41, 5.74) is 0. The second kappa shape index (κ2) is 6.88. The van der Waals surface area contributed by atoms with Crippen molar-refractivity contribution in [3.8, 4) is 0 Å². The molecule has 0 saturated carbocycles. The van der Waals surface area contributed by atoms with E-state index in [2.05, 4.69) is 35.9 Å². The molecule has 1 N–H and O–H groups in total. The van der Waals surface area contributed by atoms with Gasteiger partial charge in [0.1, 0.15) is 0 Å². The van der Waals surface area contributed by atoms with Crippen LogP contribution in [0.15, 0.2) is 0 Å². The lowest BCUT2D eigenvalue weighted by atomic mass is 9.93. The summed E-state index contributed by atoms with van der Waals surface area (Å²) in [4.78, 5) is 5.41. The quantitative estimate of drug-likeness (QED) is 0.826. The van der Waals surface area contributed by atoms with Crippen molar-refractivity contribution in [2.45, 2.75) is 64.6 Å². The number of likely N-dealkylation sites (N-methyl/N-ethyl adjacent to an activating group) is 1. The third kappa shape index (κ3) is 3.46. The van der Waals surface area contributed by atoms with E-state index in [9.17, 15) is 0 Å². The Hall–Kier alpha value is -0.120. The summed E-state index contributed by atoms with van der Waals surface area (Å²) >= 11 is 0. The van der Waals surface area contributed by atoms with Gasteiger partial charge in [-0.3, -0.25) is 4.90 Å². The van der Waals surface area contributed by atoms with E-state index in [4.69, 9.17) is 0 Å². The van der Waals surface area contributed by atoms with Crippen molar-refractivity contribution in [1.29, 1.82) is 0 Å². The van der Waals surface area contributed by atoms with Gasteiger partial charge < -0.3 is 10.2 Å². The highest BCUT2D eigenvalue weighted by Crippen LogP contribution is 2.24. The predicted molar refractivity (Wildman–Crippen MR) is 78.0 cm³/mol. The Labute approximate surface area is 113 Å². The number of nitrogens with one attached hydrogen (secondary N) is 1. The summed E-state index contributed by atoms with van der Waals surface area (Å²) < 4.78 is 0. The minimum atomic E-state index is 0.754. The van der Waals surface area contributed by atoms with Crippen LogP contribution in [0.3, 0.4) is 0 Å². The third-order valence-electron chi connectivity index (χ3n) is 4.82. The van der Waals surface area contributed by atoms with Gasteiger partial charge in [0.05, 0.1) is 0 Å². The molecule has 2 rings (SSSR count). The monoisotopic (exact) mass is 253 g/mol. The van der Waals surface area contributed by atoms with Gasteiger partial charge in [0.2, 0.25) is 0 Å². The normalized spacial score (nSPS) is 35.8. The first-order chi connectivity index (χ1) is 8.74. The van der Waals surface area contributed by atoms with Crippen molar-refractivity contribution in [3.63, 3.8) is 0 Å². The van der Waals surface area contributed by atoms with E-state index in [0.717, 1.165) is 24.7 Å². The first-order valence-corrected chi connectivity index (χ1v) is 7.96. The molecule has 106 valence electrons. The molecule has 3 heteroatoms. The minimum absolute atomic E-state index is 0.754. The molecule has 3 nitrogen and oxygen atoms in total. The summed E-state index contributed by atoms with van der Waals surface area (Å²) in [5.74, 6) is 0. The zero-order valence-electron chi connectivity index (χ0n) is 12.5. The van der Waals surface area contributed by atoms with Crippen molar-refractivity contribution in [1.82, 2.24) is 15.1 Å². The number of piperidine rings is 2. The highest BCUT2D eigenvalue weighted by molar-refractivity contribution is 4.89. The Balaban J connectivity index is 1.85. The van der Waals surface area contributed by atoms with Gasteiger partial charge in [-0.05, 0) is 52.2 Å².